The van der Waals surface area contributed by atoms with Gasteiger partial charge in [0.05, 0.1) is 6.54 Å². The predicted octanol–water partition coefficient (Wildman–Crippen LogP) is 0.110. The molecular formula is C23H25F3N10O9S3. The average molecular weight is 739 g/mol. The molecule has 19 nitrogen and oxygen atoms in total. The number of nitrogens with one attached hydrogen (secondary N) is 2. The second-order valence-corrected chi connectivity index (χ2v) is 13.1. The Morgan fingerprint density at radius 3 is 2.60 bits per heavy atom. The first-order chi connectivity index (χ1) is 22.6. The van der Waals surface area contributed by atoms with Gasteiger partial charge in [-0.3, -0.25) is 24.5 Å². The third-order valence-electron chi connectivity index (χ3n) is 6.40. The Kier molecular flexibility index (Phi) is 11.1. The number of anilines is 1. The van der Waals surface area contributed by atoms with Crippen molar-refractivity contribution in [2.45, 2.75) is 49.2 Å². The number of carboxylic acids is 2. The van der Waals surface area contributed by atoms with Crippen LogP contribution in [0.1, 0.15) is 19.5 Å². The number of thiazole rings is 1. The molecule has 0 spiro atoms. The number of amides is 3. The third-order valence-corrected chi connectivity index (χ3v) is 10.00. The number of alkyl halides is 3. The number of fused-ring (bicyclic) bond motifs is 1. The maximum absolute atomic E-state index is 13.3. The van der Waals surface area contributed by atoms with Crippen molar-refractivity contribution < 1.29 is 57.0 Å². The van der Waals surface area contributed by atoms with Crippen molar-refractivity contribution in [1.82, 2.24) is 35.4 Å². The number of carbonyl (C=O) groups is 5. The first-order valence-corrected chi connectivity index (χ1v) is 16.2. The summed E-state index contributed by atoms with van der Waals surface area (Å²) in [6.45, 7) is 2.57. The molecule has 0 bridgehead atoms. The largest absolute Gasteiger partial charge is 0.481 e. The summed E-state index contributed by atoms with van der Waals surface area (Å²) in [5.74, 6) is -6.55. The molecule has 25 heteroatoms. The minimum atomic E-state index is -5.17. The van der Waals surface area contributed by atoms with Crippen molar-refractivity contribution in [3.8, 4) is 0 Å². The molecule has 48 heavy (non-hydrogen) atoms. The Morgan fingerprint density at radius 1 is 1.25 bits per heavy atom. The van der Waals surface area contributed by atoms with Crippen LogP contribution < -0.4 is 10.6 Å². The molecule has 4 rings (SSSR count). The molecule has 2 aromatic rings. The second kappa shape index (κ2) is 14.7. The number of carbonyl (C=O) groups excluding carboxylic acids is 3. The van der Waals surface area contributed by atoms with Crippen molar-refractivity contribution in [2.75, 3.05) is 30.5 Å². The summed E-state index contributed by atoms with van der Waals surface area (Å²) in [6.07, 6.45) is -5.69. The van der Waals surface area contributed by atoms with Crippen LogP contribution >= 0.6 is 34.9 Å². The van der Waals surface area contributed by atoms with E-state index in [0.29, 0.717) is 11.3 Å². The summed E-state index contributed by atoms with van der Waals surface area (Å²) in [6, 6.07) is -1.11. The lowest BCUT2D eigenvalue weighted by Crippen LogP contribution is -2.74. The molecular weight excluding hydrogens is 714 g/mol. The van der Waals surface area contributed by atoms with Crippen LogP contribution in [0.15, 0.2) is 20.8 Å². The number of carboxylic acid groups (broad SMARTS) is 2. The summed E-state index contributed by atoms with van der Waals surface area (Å²) < 4.78 is 39.1. The monoisotopic (exact) mass is 738 g/mol. The number of rotatable bonds is 14. The number of hydrogen-bond donors (Lipinski definition) is 4. The fourth-order valence-electron chi connectivity index (χ4n) is 4.08. The van der Waals surface area contributed by atoms with Crippen LogP contribution in [-0.2, 0) is 40.2 Å². The molecule has 2 aliphatic heterocycles. The molecule has 2 aromatic heterocycles. The zero-order chi connectivity index (χ0) is 35.4. The summed E-state index contributed by atoms with van der Waals surface area (Å²) in [5, 5.41) is 41.9. The molecule has 2 saturated heterocycles. The van der Waals surface area contributed by atoms with E-state index in [1.165, 1.54) is 10.3 Å². The highest BCUT2D eigenvalue weighted by Gasteiger charge is 2.57. The first kappa shape index (κ1) is 36.3. The normalized spacial score (nSPS) is 21.3. The fourth-order valence-corrected chi connectivity index (χ4v) is 7.50. The number of hydrogen-bond acceptors (Lipinski definition) is 16. The van der Waals surface area contributed by atoms with Gasteiger partial charge in [-0.05, 0) is 24.3 Å². The van der Waals surface area contributed by atoms with Crippen LogP contribution in [0.2, 0.25) is 0 Å². The van der Waals surface area contributed by atoms with E-state index in [-0.39, 0.29) is 35.4 Å². The van der Waals surface area contributed by atoms with Gasteiger partial charge in [0.1, 0.15) is 35.7 Å². The molecule has 0 saturated carbocycles. The van der Waals surface area contributed by atoms with E-state index in [4.69, 9.17) is 4.84 Å². The molecule has 2 aliphatic rings. The molecule has 260 valence electrons. The van der Waals surface area contributed by atoms with Gasteiger partial charge in [0, 0.05) is 23.4 Å². The van der Waals surface area contributed by atoms with Gasteiger partial charge in [0.25, 0.3) is 5.91 Å². The van der Waals surface area contributed by atoms with E-state index in [0.717, 1.165) is 35.3 Å². The van der Waals surface area contributed by atoms with Gasteiger partial charge >= 0.3 is 24.0 Å². The number of tetrazole rings is 1. The molecule has 2 unspecified atom stereocenters. The SMILES string of the molecule is CON=C(Cn1nnnc1SCC1(C(=O)O)CS[C@@H]2C(NC(=O)C(=NOC(C)C)c3csc(NC(=O)C(F)(F)F)n3)C(=O)N2C1)C(=O)O. The molecule has 0 radical (unpaired) electrons. The van der Waals surface area contributed by atoms with Crippen molar-refractivity contribution in [3.05, 3.63) is 11.1 Å². The lowest BCUT2D eigenvalue weighted by Gasteiger charge is -2.53. The molecule has 4 N–H and O–H groups in total. The lowest BCUT2D eigenvalue weighted by molar-refractivity contribution is -0.167. The highest BCUT2D eigenvalue weighted by molar-refractivity contribution is 8.00. The zero-order valence-electron chi connectivity index (χ0n) is 24.8. The Bertz CT molecular complexity index is 1650. The minimum Gasteiger partial charge on any atom is -0.481 e. The number of β-lactam (4-membered cyclic amide) rings is 1. The van der Waals surface area contributed by atoms with E-state index in [9.17, 15) is 47.4 Å². The highest BCUT2D eigenvalue weighted by atomic mass is 32.2. The zero-order valence-corrected chi connectivity index (χ0v) is 27.3. The van der Waals surface area contributed by atoms with Crippen molar-refractivity contribution >= 4 is 81.1 Å². The van der Waals surface area contributed by atoms with Gasteiger partial charge in [-0.25, -0.2) is 14.5 Å². The van der Waals surface area contributed by atoms with Crippen molar-refractivity contribution in [3.63, 3.8) is 0 Å². The minimum absolute atomic E-state index is 0.00498. The number of aliphatic carboxylic acids is 2. The standard InChI is InChI=1S/C23H25F3N10O9S3/c1-9(2)45-32-12(11-5-46-20(27-11)29-18(41)23(24,25)26)14(37)28-13-15(38)35-6-22(19(42)43,7-47-16(13)35)8-48-21-30-33-34-36(21)4-10(17(39)40)31-44-3/h5,9,13,16H,4,6-8H2,1-3H3,(H,28,37)(H,39,40)(H,42,43)(H,27,29,41)/t13?,16-,22?/m1/s1. The molecule has 0 aromatic carbocycles. The number of oxime groups is 2. The molecule has 3 atom stereocenters. The molecule has 3 amide bonds. The topological polar surface area (TPSA) is 253 Å². The van der Waals surface area contributed by atoms with Gasteiger partial charge < -0.3 is 30.1 Å². The fraction of sp³-hybridized carbons (Fsp3) is 0.522. The van der Waals surface area contributed by atoms with Gasteiger partial charge in [-0.2, -0.15) is 13.2 Å². The average Bonchev–Trinajstić information content (AvgIpc) is 3.67. The predicted molar refractivity (Wildman–Crippen MR) is 160 cm³/mol. The van der Waals surface area contributed by atoms with E-state index in [1.807, 2.05) is 0 Å². The summed E-state index contributed by atoms with van der Waals surface area (Å²) in [4.78, 5) is 76.4. The second-order valence-electron chi connectivity index (χ2n) is 10.2. The maximum atomic E-state index is 13.3. The van der Waals surface area contributed by atoms with E-state index in [1.54, 1.807) is 19.2 Å². The van der Waals surface area contributed by atoms with Gasteiger partial charge in [0.2, 0.25) is 11.1 Å². The summed E-state index contributed by atoms with van der Waals surface area (Å²) in [7, 11) is 1.16. The van der Waals surface area contributed by atoms with Crippen molar-refractivity contribution in [2.24, 2.45) is 15.7 Å². The first-order valence-electron chi connectivity index (χ1n) is 13.3. The van der Waals surface area contributed by atoms with Crippen LogP contribution in [0, 0.1) is 5.41 Å². The van der Waals surface area contributed by atoms with Crippen LogP contribution in [-0.4, -0.2) is 130 Å². The van der Waals surface area contributed by atoms with Crippen molar-refractivity contribution in [1.29, 1.82) is 0 Å². The van der Waals surface area contributed by atoms with Crippen LogP contribution in [0.25, 0.3) is 0 Å². The van der Waals surface area contributed by atoms with Gasteiger partial charge in [0.15, 0.2) is 16.6 Å². The summed E-state index contributed by atoms with van der Waals surface area (Å²) in [5.41, 5.74) is -2.61. The highest BCUT2D eigenvalue weighted by Crippen LogP contribution is 2.44. The maximum Gasteiger partial charge on any atom is 0.471 e. The lowest BCUT2D eigenvalue weighted by atomic mass is 9.89. The van der Waals surface area contributed by atoms with E-state index >= 15 is 0 Å². The molecule has 0 aliphatic carbocycles. The smallest absolute Gasteiger partial charge is 0.471 e. The number of halogens is 3. The van der Waals surface area contributed by atoms with Crippen LogP contribution in [0.4, 0.5) is 18.3 Å². The van der Waals surface area contributed by atoms with Gasteiger partial charge in [-0.1, -0.05) is 22.1 Å². The van der Waals surface area contributed by atoms with Gasteiger partial charge in [-0.15, -0.1) is 28.2 Å². The van der Waals surface area contributed by atoms with Crippen LogP contribution in [0.5, 0.6) is 0 Å². The van der Waals surface area contributed by atoms with E-state index < -0.39 is 75.3 Å². The number of aromatic nitrogens is 5. The Morgan fingerprint density at radius 2 is 1.98 bits per heavy atom. The summed E-state index contributed by atoms with van der Waals surface area (Å²) >= 11 is 2.61. The Labute approximate surface area is 279 Å². The Balaban J connectivity index is 1.43. The van der Waals surface area contributed by atoms with Crippen LogP contribution in [0.3, 0.4) is 0 Å². The third kappa shape index (κ3) is 8.12. The molecule has 4 heterocycles. The van der Waals surface area contributed by atoms with E-state index in [2.05, 4.69) is 41.0 Å². The quantitative estimate of drug-likeness (QED) is 0.0869. The Hall–Kier alpha value is -4.52. The number of thioether (sulfide) groups is 2. The number of nitrogens with zero attached hydrogens (tertiary/aromatic N) is 8. The molecule has 2 fully saturated rings.